The summed E-state index contributed by atoms with van der Waals surface area (Å²) in [5.74, 6) is -0.134. The number of carbonyl (C=O) groups excluding carboxylic acids is 1. The second-order valence-corrected chi connectivity index (χ2v) is 5.29. The fraction of sp³-hybridized carbons (Fsp3) is 0.471. The predicted molar refractivity (Wildman–Crippen MR) is 76.9 cm³/mol. The normalized spacial score (nSPS) is 17.2. The van der Waals surface area contributed by atoms with Crippen LogP contribution in [-0.4, -0.2) is 11.6 Å². The predicted octanol–water partition coefficient (Wildman–Crippen LogP) is 4.05. The first-order valence-electron chi connectivity index (χ1n) is 7.18. The third-order valence-corrected chi connectivity index (χ3v) is 3.58. The van der Waals surface area contributed by atoms with Gasteiger partial charge in [0.05, 0.1) is 0 Å². The van der Waals surface area contributed by atoms with E-state index in [4.69, 9.17) is 4.74 Å². The van der Waals surface area contributed by atoms with Gasteiger partial charge in [0.2, 0.25) is 0 Å². The second-order valence-electron chi connectivity index (χ2n) is 5.29. The van der Waals surface area contributed by atoms with Gasteiger partial charge < -0.3 is 4.74 Å². The van der Waals surface area contributed by atoms with Crippen molar-refractivity contribution in [2.75, 3.05) is 0 Å². The van der Waals surface area contributed by atoms with Gasteiger partial charge in [0.15, 0.2) is 0 Å². The third kappa shape index (κ3) is 3.25. The standard InChI is InChI=1S/C17H22O2/c1-3-10-17(11-4-2)13-15(16(18)19-17)12-14-8-6-5-7-9-14/h5-9,13H,3-4,10-12H2,1-2H3. The van der Waals surface area contributed by atoms with E-state index in [2.05, 4.69) is 19.9 Å². The van der Waals surface area contributed by atoms with Crippen molar-refractivity contribution in [2.45, 2.75) is 51.6 Å². The highest BCUT2D eigenvalue weighted by Gasteiger charge is 2.38. The Labute approximate surface area is 115 Å². The molecule has 102 valence electrons. The summed E-state index contributed by atoms with van der Waals surface area (Å²) in [4.78, 5) is 12.1. The van der Waals surface area contributed by atoms with Crippen LogP contribution in [0.25, 0.3) is 0 Å². The van der Waals surface area contributed by atoms with E-state index in [1.807, 2.05) is 30.3 Å². The van der Waals surface area contributed by atoms with Gasteiger partial charge in [-0.3, -0.25) is 0 Å². The van der Waals surface area contributed by atoms with Crippen molar-refractivity contribution in [1.29, 1.82) is 0 Å². The molecule has 0 spiro atoms. The smallest absolute Gasteiger partial charge is 0.335 e. The molecule has 2 rings (SSSR count). The molecule has 0 atom stereocenters. The van der Waals surface area contributed by atoms with Gasteiger partial charge in [0.1, 0.15) is 5.60 Å². The Bertz CT molecular complexity index is 453. The van der Waals surface area contributed by atoms with Gasteiger partial charge in [-0.25, -0.2) is 4.79 Å². The minimum absolute atomic E-state index is 0.134. The number of rotatable bonds is 6. The van der Waals surface area contributed by atoms with E-state index in [1.165, 1.54) is 0 Å². The molecule has 0 aliphatic carbocycles. The van der Waals surface area contributed by atoms with Crippen molar-refractivity contribution in [2.24, 2.45) is 0 Å². The minimum Gasteiger partial charge on any atom is -0.451 e. The number of cyclic esters (lactones) is 1. The average molecular weight is 258 g/mol. The highest BCUT2D eigenvalue weighted by atomic mass is 16.6. The van der Waals surface area contributed by atoms with Crippen LogP contribution in [0.4, 0.5) is 0 Å². The van der Waals surface area contributed by atoms with Crippen LogP contribution in [0.1, 0.15) is 45.1 Å². The van der Waals surface area contributed by atoms with Gasteiger partial charge in [-0.2, -0.15) is 0 Å². The molecule has 0 amide bonds. The molecule has 0 N–H and O–H groups in total. The van der Waals surface area contributed by atoms with Crippen LogP contribution in [0.2, 0.25) is 0 Å². The fourth-order valence-electron chi connectivity index (χ4n) is 2.81. The Hall–Kier alpha value is -1.57. The summed E-state index contributed by atoms with van der Waals surface area (Å²) in [5.41, 5.74) is 1.63. The lowest BCUT2D eigenvalue weighted by Gasteiger charge is -2.25. The maximum atomic E-state index is 12.1. The zero-order valence-electron chi connectivity index (χ0n) is 11.8. The van der Waals surface area contributed by atoms with E-state index in [1.54, 1.807) is 0 Å². The second kappa shape index (κ2) is 6.05. The quantitative estimate of drug-likeness (QED) is 0.719. The SMILES string of the molecule is CCCC1(CCC)C=C(Cc2ccccc2)C(=O)O1. The first-order valence-corrected chi connectivity index (χ1v) is 7.18. The third-order valence-electron chi connectivity index (χ3n) is 3.58. The molecule has 2 nitrogen and oxygen atoms in total. The Morgan fingerprint density at radius 3 is 2.26 bits per heavy atom. The van der Waals surface area contributed by atoms with Crippen LogP contribution in [-0.2, 0) is 16.0 Å². The van der Waals surface area contributed by atoms with Crippen LogP contribution in [0.5, 0.6) is 0 Å². The lowest BCUT2D eigenvalue weighted by Crippen LogP contribution is -2.27. The first-order chi connectivity index (χ1) is 9.19. The van der Waals surface area contributed by atoms with E-state index in [0.717, 1.165) is 36.8 Å². The number of carbonyl (C=O) groups is 1. The van der Waals surface area contributed by atoms with Crippen LogP contribution in [0, 0.1) is 0 Å². The molecule has 0 unspecified atom stereocenters. The van der Waals surface area contributed by atoms with Crippen molar-refractivity contribution in [3.63, 3.8) is 0 Å². The zero-order valence-corrected chi connectivity index (χ0v) is 11.8. The van der Waals surface area contributed by atoms with Crippen LogP contribution >= 0.6 is 0 Å². The average Bonchev–Trinajstić information content (AvgIpc) is 2.68. The summed E-state index contributed by atoms with van der Waals surface area (Å²) in [5, 5.41) is 0. The molecule has 1 aromatic rings. The molecule has 0 bridgehead atoms. The monoisotopic (exact) mass is 258 g/mol. The van der Waals surface area contributed by atoms with Gasteiger partial charge in [-0.05, 0) is 24.5 Å². The molecule has 0 fully saturated rings. The fourth-order valence-corrected chi connectivity index (χ4v) is 2.81. The Kier molecular flexibility index (Phi) is 4.41. The van der Waals surface area contributed by atoms with Crippen LogP contribution < -0.4 is 0 Å². The van der Waals surface area contributed by atoms with E-state index in [0.29, 0.717) is 6.42 Å². The Balaban J connectivity index is 2.17. The molecule has 1 aromatic carbocycles. The number of benzene rings is 1. The highest BCUT2D eigenvalue weighted by Crippen LogP contribution is 2.34. The minimum atomic E-state index is -0.343. The summed E-state index contributed by atoms with van der Waals surface area (Å²) in [6.07, 6.45) is 6.66. The van der Waals surface area contributed by atoms with Crippen molar-refractivity contribution >= 4 is 5.97 Å². The van der Waals surface area contributed by atoms with Crippen LogP contribution in [0.3, 0.4) is 0 Å². The van der Waals surface area contributed by atoms with Crippen molar-refractivity contribution in [3.05, 3.63) is 47.5 Å². The van der Waals surface area contributed by atoms with Gasteiger partial charge >= 0.3 is 5.97 Å². The van der Waals surface area contributed by atoms with Gasteiger partial charge in [0.25, 0.3) is 0 Å². The molecular weight excluding hydrogens is 236 g/mol. The molecule has 1 heterocycles. The number of esters is 1. The van der Waals surface area contributed by atoms with Gasteiger partial charge in [0, 0.05) is 12.0 Å². The van der Waals surface area contributed by atoms with E-state index < -0.39 is 0 Å². The lowest BCUT2D eigenvalue weighted by atomic mass is 9.91. The maximum absolute atomic E-state index is 12.1. The summed E-state index contributed by atoms with van der Waals surface area (Å²) in [6, 6.07) is 10.1. The number of hydrogen-bond donors (Lipinski definition) is 0. The van der Waals surface area contributed by atoms with E-state index in [-0.39, 0.29) is 11.6 Å². The molecule has 0 saturated carbocycles. The van der Waals surface area contributed by atoms with E-state index in [9.17, 15) is 4.79 Å². The molecular formula is C17H22O2. The summed E-state index contributed by atoms with van der Waals surface area (Å²) >= 11 is 0. The molecule has 0 aromatic heterocycles. The highest BCUT2D eigenvalue weighted by molar-refractivity contribution is 5.92. The van der Waals surface area contributed by atoms with Crippen molar-refractivity contribution < 1.29 is 9.53 Å². The zero-order chi connectivity index (χ0) is 13.7. The Morgan fingerprint density at radius 1 is 1.05 bits per heavy atom. The van der Waals surface area contributed by atoms with Gasteiger partial charge in [-0.15, -0.1) is 0 Å². The molecule has 1 aliphatic rings. The van der Waals surface area contributed by atoms with Crippen LogP contribution in [0.15, 0.2) is 42.0 Å². The molecule has 0 saturated heterocycles. The number of hydrogen-bond acceptors (Lipinski definition) is 2. The molecule has 1 aliphatic heterocycles. The number of ether oxygens (including phenoxy) is 1. The van der Waals surface area contributed by atoms with Gasteiger partial charge in [-0.1, -0.05) is 57.0 Å². The summed E-state index contributed by atoms with van der Waals surface area (Å²) < 4.78 is 5.68. The van der Waals surface area contributed by atoms with Crippen molar-refractivity contribution in [1.82, 2.24) is 0 Å². The first kappa shape index (κ1) is 13.9. The molecule has 19 heavy (non-hydrogen) atoms. The van der Waals surface area contributed by atoms with Crippen molar-refractivity contribution in [3.8, 4) is 0 Å². The topological polar surface area (TPSA) is 26.3 Å². The summed E-state index contributed by atoms with van der Waals surface area (Å²) in [7, 11) is 0. The van der Waals surface area contributed by atoms with E-state index >= 15 is 0 Å². The molecule has 2 heteroatoms. The largest absolute Gasteiger partial charge is 0.451 e. The Morgan fingerprint density at radius 2 is 1.68 bits per heavy atom. The lowest BCUT2D eigenvalue weighted by molar-refractivity contribution is -0.147. The molecule has 0 radical (unpaired) electrons. The maximum Gasteiger partial charge on any atom is 0.335 e. The summed E-state index contributed by atoms with van der Waals surface area (Å²) in [6.45, 7) is 4.27.